The van der Waals surface area contributed by atoms with E-state index in [0.717, 1.165) is 25.7 Å². The first kappa shape index (κ1) is 15.8. The van der Waals surface area contributed by atoms with Gasteiger partial charge < -0.3 is 4.90 Å². The van der Waals surface area contributed by atoms with Crippen LogP contribution in [0.25, 0.3) is 0 Å². The third-order valence-electron chi connectivity index (χ3n) is 5.02. The summed E-state index contributed by atoms with van der Waals surface area (Å²) in [6, 6.07) is 10.7. The zero-order valence-electron chi connectivity index (χ0n) is 13.5. The molecule has 1 aromatic rings. The highest BCUT2D eigenvalue weighted by molar-refractivity contribution is 7.89. The first-order chi connectivity index (χ1) is 10.5. The largest absolute Gasteiger partial charge is 0.363 e. The van der Waals surface area contributed by atoms with Crippen LogP contribution in [-0.2, 0) is 10.0 Å². The Morgan fingerprint density at radius 2 is 1.50 bits per heavy atom. The van der Waals surface area contributed by atoms with Crippen molar-refractivity contribution in [3.05, 3.63) is 30.3 Å². The second-order valence-electron chi connectivity index (χ2n) is 6.71. The summed E-state index contributed by atoms with van der Waals surface area (Å²) in [7, 11) is -3.13. The highest BCUT2D eigenvalue weighted by Crippen LogP contribution is 2.31. The minimum atomic E-state index is -3.13. The first-order valence-corrected chi connectivity index (χ1v) is 9.83. The smallest absolute Gasteiger partial charge is 0.217 e. The monoisotopic (exact) mass is 322 g/mol. The number of sulfonamides is 1. The Morgan fingerprint density at radius 1 is 0.955 bits per heavy atom. The van der Waals surface area contributed by atoms with Crippen LogP contribution in [0.4, 0.5) is 5.69 Å². The molecular formula is C17H26N2O2S. The SMILES string of the molecule is CC1CN(S(=O)(=O)C2CCCC2)CC(C)N1c1ccccc1. The summed E-state index contributed by atoms with van der Waals surface area (Å²) in [5.74, 6) is 0. The second-order valence-corrected chi connectivity index (χ2v) is 8.92. The van der Waals surface area contributed by atoms with Crippen LogP contribution in [0.15, 0.2) is 30.3 Å². The molecule has 2 unspecified atom stereocenters. The fourth-order valence-electron chi connectivity index (χ4n) is 3.99. The van der Waals surface area contributed by atoms with Gasteiger partial charge in [-0.2, -0.15) is 4.31 Å². The molecule has 1 heterocycles. The standard InChI is InChI=1S/C17H26N2O2S/c1-14-12-18(22(20,21)17-10-6-7-11-17)13-15(2)19(14)16-8-4-3-5-9-16/h3-5,8-9,14-15,17H,6-7,10-13H2,1-2H3. The van der Waals surface area contributed by atoms with Crippen LogP contribution in [0, 0.1) is 0 Å². The van der Waals surface area contributed by atoms with Crippen molar-refractivity contribution in [2.24, 2.45) is 0 Å². The maximum Gasteiger partial charge on any atom is 0.217 e. The summed E-state index contributed by atoms with van der Waals surface area (Å²) in [5, 5.41) is -0.143. The maximum atomic E-state index is 12.8. The molecule has 0 amide bonds. The molecule has 0 bridgehead atoms. The van der Waals surface area contributed by atoms with Crippen molar-refractivity contribution in [3.63, 3.8) is 0 Å². The lowest BCUT2D eigenvalue weighted by molar-refractivity contribution is 0.298. The summed E-state index contributed by atoms with van der Waals surface area (Å²) in [6.07, 6.45) is 3.78. The van der Waals surface area contributed by atoms with E-state index < -0.39 is 10.0 Å². The van der Waals surface area contributed by atoms with E-state index in [1.807, 2.05) is 18.2 Å². The Labute approximate surface area is 134 Å². The number of piperazine rings is 1. The lowest BCUT2D eigenvalue weighted by Crippen LogP contribution is -2.59. The van der Waals surface area contributed by atoms with Crippen LogP contribution >= 0.6 is 0 Å². The van der Waals surface area contributed by atoms with Crippen LogP contribution in [0.1, 0.15) is 39.5 Å². The molecule has 0 spiro atoms. The highest BCUT2D eigenvalue weighted by Gasteiger charge is 2.40. The molecule has 4 nitrogen and oxygen atoms in total. The Hall–Kier alpha value is -1.07. The molecule has 2 aliphatic rings. The molecule has 2 fully saturated rings. The first-order valence-electron chi connectivity index (χ1n) is 8.32. The summed E-state index contributed by atoms with van der Waals surface area (Å²) < 4.78 is 27.4. The third kappa shape index (κ3) is 2.88. The molecule has 122 valence electrons. The lowest BCUT2D eigenvalue weighted by Gasteiger charge is -2.45. The molecule has 0 N–H and O–H groups in total. The number of rotatable bonds is 3. The summed E-state index contributed by atoms with van der Waals surface area (Å²) >= 11 is 0. The van der Waals surface area contributed by atoms with Crippen LogP contribution in [0.5, 0.6) is 0 Å². The van der Waals surface area contributed by atoms with E-state index in [1.54, 1.807) is 4.31 Å². The number of anilines is 1. The van der Waals surface area contributed by atoms with Crippen LogP contribution < -0.4 is 4.90 Å². The normalized spacial score (nSPS) is 28.2. The molecule has 22 heavy (non-hydrogen) atoms. The summed E-state index contributed by atoms with van der Waals surface area (Å²) in [6.45, 7) is 5.44. The number of hydrogen-bond donors (Lipinski definition) is 0. The average molecular weight is 322 g/mol. The van der Waals surface area contributed by atoms with Gasteiger partial charge in [-0.15, -0.1) is 0 Å². The van der Waals surface area contributed by atoms with E-state index in [-0.39, 0.29) is 17.3 Å². The zero-order valence-corrected chi connectivity index (χ0v) is 14.3. The zero-order chi connectivity index (χ0) is 15.7. The van der Waals surface area contributed by atoms with E-state index in [2.05, 4.69) is 30.9 Å². The highest BCUT2D eigenvalue weighted by atomic mass is 32.2. The molecular weight excluding hydrogens is 296 g/mol. The van der Waals surface area contributed by atoms with Crippen molar-refractivity contribution in [1.82, 2.24) is 4.31 Å². The number of para-hydroxylation sites is 1. The van der Waals surface area contributed by atoms with E-state index >= 15 is 0 Å². The van der Waals surface area contributed by atoms with Crippen molar-refractivity contribution in [1.29, 1.82) is 0 Å². The summed E-state index contributed by atoms with van der Waals surface area (Å²) in [5.41, 5.74) is 1.18. The van der Waals surface area contributed by atoms with Gasteiger partial charge in [0.25, 0.3) is 0 Å². The van der Waals surface area contributed by atoms with Gasteiger partial charge in [0.15, 0.2) is 0 Å². The molecule has 2 atom stereocenters. The van der Waals surface area contributed by atoms with Crippen molar-refractivity contribution in [2.45, 2.75) is 56.9 Å². The predicted octanol–water partition coefficient (Wildman–Crippen LogP) is 2.86. The number of nitrogens with zero attached hydrogens (tertiary/aromatic N) is 2. The van der Waals surface area contributed by atoms with Crippen molar-refractivity contribution >= 4 is 15.7 Å². The molecule has 5 heteroatoms. The molecule has 1 saturated heterocycles. The average Bonchev–Trinajstić information content (AvgIpc) is 3.02. The van der Waals surface area contributed by atoms with Crippen molar-refractivity contribution < 1.29 is 8.42 Å². The number of benzene rings is 1. The third-order valence-corrected chi connectivity index (χ3v) is 7.35. The van der Waals surface area contributed by atoms with Gasteiger partial charge in [-0.3, -0.25) is 0 Å². The van der Waals surface area contributed by atoms with Crippen LogP contribution in [0.3, 0.4) is 0 Å². The maximum absolute atomic E-state index is 12.8. The lowest BCUT2D eigenvalue weighted by atomic mass is 10.1. The second kappa shape index (κ2) is 6.20. The Morgan fingerprint density at radius 3 is 2.05 bits per heavy atom. The van der Waals surface area contributed by atoms with Crippen molar-refractivity contribution in [3.8, 4) is 0 Å². The van der Waals surface area contributed by atoms with Gasteiger partial charge >= 0.3 is 0 Å². The molecule has 1 aliphatic carbocycles. The number of hydrogen-bond acceptors (Lipinski definition) is 3. The topological polar surface area (TPSA) is 40.6 Å². The van der Waals surface area contributed by atoms with Gasteiger partial charge in [-0.25, -0.2) is 8.42 Å². The van der Waals surface area contributed by atoms with Gasteiger partial charge in [0.2, 0.25) is 10.0 Å². The van der Waals surface area contributed by atoms with Gasteiger partial charge in [0.1, 0.15) is 0 Å². The van der Waals surface area contributed by atoms with Crippen LogP contribution in [0.2, 0.25) is 0 Å². The fraction of sp³-hybridized carbons (Fsp3) is 0.647. The molecule has 1 saturated carbocycles. The molecule has 1 aliphatic heterocycles. The van der Waals surface area contributed by atoms with E-state index in [9.17, 15) is 8.42 Å². The molecule has 0 radical (unpaired) electrons. The van der Waals surface area contributed by atoms with Gasteiger partial charge in [0.05, 0.1) is 5.25 Å². The van der Waals surface area contributed by atoms with Gasteiger partial charge in [-0.05, 0) is 38.8 Å². The van der Waals surface area contributed by atoms with Crippen LogP contribution in [-0.4, -0.2) is 43.1 Å². The fourth-order valence-corrected chi connectivity index (χ4v) is 6.19. The Kier molecular flexibility index (Phi) is 4.46. The van der Waals surface area contributed by atoms with E-state index in [0.29, 0.717) is 13.1 Å². The minimum Gasteiger partial charge on any atom is -0.363 e. The molecule has 0 aromatic heterocycles. The molecule has 3 rings (SSSR count). The van der Waals surface area contributed by atoms with E-state index in [1.165, 1.54) is 5.69 Å². The predicted molar refractivity (Wildman–Crippen MR) is 90.6 cm³/mol. The van der Waals surface area contributed by atoms with E-state index in [4.69, 9.17) is 0 Å². The van der Waals surface area contributed by atoms with Gasteiger partial charge in [-0.1, -0.05) is 31.0 Å². The minimum absolute atomic E-state index is 0.143. The van der Waals surface area contributed by atoms with Gasteiger partial charge in [0, 0.05) is 30.9 Å². The summed E-state index contributed by atoms with van der Waals surface area (Å²) in [4.78, 5) is 2.35. The van der Waals surface area contributed by atoms with Crippen molar-refractivity contribution in [2.75, 3.05) is 18.0 Å². The quantitative estimate of drug-likeness (QED) is 0.859. The molecule has 1 aromatic carbocycles. The Balaban J connectivity index is 1.78. The Bertz CT molecular complexity index is 584.